The third-order valence-electron chi connectivity index (χ3n) is 5.41. The fourth-order valence-corrected chi connectivity index (χ4v) is 16.5. The Morgan fingerprint density at radius 3 is 2.65 bits per heavy atom. The molecule has 1 saturated heterocycles. The predicted molar refractivity (Wildman–Crippen MR) is 102 cm³/mol. The number of nitrogens with one attached hydrogen (secondary N) is 1. The van der Waals surface area contributed by atoms with Crippen LogP contribution in [0, 0.1) is 0 Å². The first-order valence-electron chi connectivity index (χ1n) is 8.57. The zero-order chi connectivity index (χ0) is 17.9. The van der Waals surface area contributed by atoms with E-state index < -0.39 is 33.2 Å². The molecule has 4 bridgehead atoms. The van der Waals surface area contributed by atoms with E-state index in [0.717, 1.165) is 11.6 Å². The number of alkyl halides is 3. The minimum absolute atomic E-state index is 0.405. The third kappa shape index (κ3) is 2.56. The van der Waals surface area contributed by atoms with Gasteiger partial charge in [0.05, 0.1) is 0 Å². The molecular weight excluding hydrogens is 458 g/mol. The summed E-state index contributed by atoms with van der Waals surface area (Å²) in [6, 6.07) is 12.5. The Hall–Kier alpha value is -1.27. The summed E-state index contributed by atoms with van der Waals surface area (Å²) in [6.07, 6.45) is -1.67. The first-order valence-corrected chi connectivity index (χ1v) is 14.7. The van der Waals surface area contributed by atoms with Gasteiger partial charge in [-0.3, -0.25) is 0 Å². The van der Waals surface area contributed by atoms with Gasteiger partial charge >= 0.3 is 162 Å². The molecular formula is C20H15F3InNS. The Balaban J connectivity index is 1.57. The van der Waals surface area contributed by atoms with Crippen LogP contribution >= 0.6 is 11.8 Å². The van der Waals surface area contributed by atoms with E-state index in [1.165, 1.54) is 38.9 Å². The van der Waals surface area contributed by atoms with E-state index in [2.05, 4.69) is 29.6 Å². The molecule has 26 heavy (non-hydrogen) atoms. The molecule has 3 aliphatic heterocycles. The van der Waals surface area contributed by atoms with Gasteiger partial charge in [0.1, 0.15) is 0 Å². The van der Waals surface area contributed by atoms with Crippen LogP contribution in [0.15, 0.2) is 51.5 Å². The van der Waals surface area contributed by atoms with Crippen LogP contribution < -0.4 is 8.64 Å². The molecule has 2 aromatic carbocycles. The topological polar surface area (TPSA) is 12.0 Å². The van der Waals surface area contributed by atoms with E-state index in [0.29, 0.717) is 12.0 Å². The van der Waals surface area contributed by atoms with E-state index in [1.54, 1.807) is 12.1 Å². The van der Waals surface area contributed by atoms with Crippen molar-refractivity contribution in [2.75, 3.05) is 11.6 Å². The van der Waals surface area contributed by atoms with Crippen molar-refractivity contribution in [3.8, 4) is 0 Å². The number of halogens is 3. The maximum absolute atomic E-state index is 13.4. The zero-order valence-electron chi connectivity index (χ0n) is 13.9. The third-order valence-corrected chi connectivity index (χ3v) is 16.2. The summed E-state index contributed by atoms with van der Waals surface area (Å²) in [5.41, 5.74) is 3.86. The van der Waals surface area contributed by atoms with Crippen LogP contribution in [0.25, 0.3) is 9.41 Å². The van der Waals surface area contributed by atoms with Crippen LogP contribution in [0.5, 0.6) is 0 Å². The van der Waals surface area contributed by atoms with Crippen molar-refractivity contribution in [1.29, 1.82) is 0 Å². The zero-order valence-corrected chi connectivity index (χ0v) is 18.0. The van der Waals surface area contributed by atoms with Crippen molar-refractivity contribution < 1.29 is 13.2 Å². The molecule has 0 aromatic heterocycles. The van der Waals surface area contributed by atoms with Gasteiger partial charge in [0.2, 0.25) is 0 Å². The fraction of sp³-hybridized carbons (Fsp3) is 0.200. The van der Waals surface area contributed by atoms with Gasteiger partial charge in [-0.1, -0.05) is 0 Å². The van der Waals surface area contributed by atoms with Gasteiger partial charge in [-0.25, -0.2) is 0 Å². The fourth-order valence-electron chi connectivity index (χ4n) is 4.37. The molecule has 1 N–H and O–H groups in total. The Morgan fingerprint density at radius 2 is 1.92 bits per heavy atom. The van der Waals surface area contributed by atoms with Crippen molar-refractivity contribution in [1.82, 2.24) is 5.32 Å². The summed E-state index contributed by atoms with van der Waals surface area (Å²) < 4.78 is 44.4. The quantitative estimate of drug-likeness (QED) is 0.704. The first kappa shape index (κ1) is 16.9. The molecule has 0 aliphatic carbocycles. The van der Waals surface area contributed by atoms with Gasteiger partial charge in [0, 0.05) is 0 Å². The van der Waals surface area contributed by atoms with Crippen LogP contribution in [0.4, 0.5) is 13.2 Å². The summed E-state index contributed by atoms with van der Waals surface area (Å²) in [4.78, 5) is 0. The van der Waals surface area contributed by atoms with Crippen molar-refractivity contribution in [3.63, 3.8) is 0 Å². The minimum atomic E-state index is -4.30. The molecule has 130 valence electrons. The Morgan fingerprint density at radius 1 is 1.08 bits per heavy atom. The Kier molecular flexibility index (Phi) is 3.98. The number of benzene rings is 2. The standard InChI is InChI=1S/C20H15F3NS.In/c21-20(22,23)19-11-4-3-7-16(19)10-5-9-15-6-1-2-8-17(15)12-18-13-25-14-24-18;/h1-4,7-9,11,24H,10,13-14H2;. The van der Waals surface area contributed by atoms with Crippen LogP contribution in [-0.2, 0) is 12.6 Å². The molecule has 0 saturated carbocycles. The first-order chi connectivity index (χ1) is 12.5. The average molecular weight is 473 g/mol. The monoisotopic (exact) mass is 473 g/mol. The number of allylic oxidation sites excluding steroid dienone is 1. The number of hydrogen-bond acceptors (Lipinski definition) is 2. The van der Waals surface area contributed by atoms with Crippen molar-refractivity contribution in [2.24, 2.45) is 0 Å². The predicted octanol–water partition coefficient (Wildman–Crippen LogP) is 4.14. The van der Waals surface area contributed by atoms with Crippen molar-refractivity contribution in [2.45, 2.75) is 12.6 Å². The molecule has 0 atom stereocenters. The summed E-state index contributed by atoms with van der Waals surface area (Å²) in [5, 5.41) is 3.51. The summed E-state index contributed by atoms with van der Waals surface area (Å²) in [6.45, 7) is 0. The van der Waals surface area contributed by atoms with Gasteiger partial charge in [0.15, 0.2) is 0 Å². The molecule has 0 amide bonds. The van der Waals surface area contributed by atoms with Gasteiger partial charge in [0.25, 0.3) is 0 Å². The molecule has 5 rings (SSSR count). The van der Waals surface area contributed by atoms with Crippen molar-refractivity contribution in [3.05, 3.63) is 73.7 Å². The van der Waals surface area contributed by atoms with E-state index >= 15 is 0 Å². The van der Waals surface area contributed by atoms with Crippen LogP contribution in [0.2, 0.25) is 0 Å². The number of hydrogen-bond donors (Lipinski definition) is 1. The van der Waals surface area contributed by atoms with Gasteiger partial charge in [-0.2, -0.15) is 0 Å². The van der Waals surface area contributed by atoms with Crippen LogP contribution in [0.3, 0.4) is 0 Å². The normalized spacial score (nSPS) is 20.6. The summed E-state index contributed by atoms with van der Waals surface area (Å²) in [7, 11) is 0. The second-order valence-corrected chi connectivity index (χ2v) is 15.9. The van der Waals surface area contributed by atoms with Gasteiger partial charge in [-0.15, -0.1) is 0 Å². The molecule has 3 aliphatic rings. The molecule has 1 nitrogen and oxygen atoms in total. The van der Waals surface area contributed by atoms with Gasteiger partial charge in [-0.05, 0) is 0 Å². The molecule has 3 heterocycles. The van der Waals surface area contributed by atoms with Crippen LogP contribution in [-0.4, -0.2) is 33.1 Å². The molecule has 0 radical (unpaired) electrons. The van der Waals surface area contributed by atoms with E-state index in [1.807, 2.05) is 11.8 Å². The number of thioether (sulfide) groups is 1. The number of rotatable bonds is 2. The second kappa shape index (κ2) is 6.13. The molecule has 0 unspecified atom stereocenters. The van der Waals surface area contributed by atoms with E-state index in [9.17, 15) is 13.2 Å². The Bertz CT molecular complexity index is 969. The molecule has 0 spiro atoms. The van der Waals surface area contributed by atoms with E-state index in [4.69, 9.17) is 0 Å². The van der Waals surface area contributed by atoms with Gasteiger partial charge < -0.3 is 0 Å². The van der Waals surface area contributed by atoms with Crippen LogP contribution in [0.1, 0.15) is 22.3 Å². The average Bonchev–Trinajstić information content (AvgIpc) is 3.28. The van der Waals surface area contributed by atoms with E-state index in [-0.39, 0.29) is 0 Å². The molecule has 2 aromatic rings. The summed E-state index contributed by atoms with van der Waals surface area (Å²) in [5.74, 6) is 1.92. The SMILES string of the molecule is FC(F)(F)c1ccccc1C[C]1=Cc2c3ccc[c]2[In]1/[C]3=C1/CSCN1. The summed E-state index contributed by atoms with van der Waals surface area (Å²) >= 11 is -0.599. The Labute approximate surface area is 161 Å². The molecule has 1 fully saturated rings. The van der Waals surface area contributed by atoms with Crippen molar-refractivity contribution >= 4 is 45.9 Å². The molecule has 6 heteroatoms. The maximum atomic E-state index is 13.4. The second-order valence-electron chi connectivity index (χ2n) is 6.85.